The van der Waals surface area contributed by atoms with Crippen LogP contribution in [0.3, 0.4) is 0 Å². The Morgan fingerprint density at radius 3 is 2.41 bits per heavy atom. The van der Waals surface area contributed by atoms with Crippen molar-refractivity contribution in [2.45, 2.75) is 6.42 Å². The summed E-state index contributed by atoms with van der Waals surface area (Å²) >= 11 is 0. The number of pyridine rings is 1. The van der Waals surface area contributed by atoms with Gasteiger partial charge in [0.25, 0.3) is 5.91 Å². The van der Waals surface area contributed by atoms with Crippen LogP contribution in [0, 0.1) is 0 Å². The SMILES string of the molecule is CN(C)c1ccc(C(=O)Nc2ccccc2N2CCN(CCc3ccncc3)CC2)nn1. The third kappa shape index (κ3) is 5.39. The van der Waals surface area contributed by atoms with Crippen LogP contribution in [0.25, 0.3) is 0 Å². The summed E-state index contributed by atoms with van der Waals surface area (Å²) in [5.41, 5.74) is 3.44. The molecule has 0 unspecified atom stereocenters. The number of para-hydroxylation sites is 2. The first-order valence-corrected chi connectivity index (χ1v) is 10.9. The van der Waals surface area contributed by atoms with Crippen molar-refractivity contribution >= 4 is 23.1 Å². The van der Waals surface area contributed by atoms with E-state index in [9.17, 15) is 4.79 Å². The highest BCUT2D eigenvalue weighted by Gasteiger charge is 2.20. The lowest BCUT2D eigenvalue weighted by Crippen LogP contribution is -2.47. The molecule has 3 heterocycles. The van der Waals surface area contributed by atoms with Crippen molar-refractivity contribution in [3.05, 3.63) is 72.2 Å². The van der Waals surface area contributed by atoms with Crippen molar-refractivity contribution in [2.24, 2.45) is 0 Å². The minimum atomic E-state index is -0.258. The lowest BCUT2D eigenvalue weighted by Gasteiger charge is -2.37. The largest absolute Gasteiger partial charge is 0.367 e. The zero-order valence-corrected chi connectivity index (χ0v) is 18.6. The van der Waals surface area contributed by atoms with Crippen LogP contribution in [0.1, 0.15) is 16.1 Å². The molecule has 32 heavy (non-hydrogen) atoms. The summed E-state index contributed by atoms with van der Waals surface area (Å²) in [5, 5.41) is 11.2. The molecule has 1 aliphatic heterocycles. The number of carbonyl (C=O) groups excluding carboxylic acids is 1. The van der Waals surface area contributed by atoms with Gasteiger partial charge in [-0.2, -0.15) is 0 Å². The van der Waals surface area contributed by atoms with Crippen LogP contribution in [-0.2, 0) is 6.42 Å². The summed E-state index contributed by atoms with van der Waals surface area (Å²) < 4.78 is 0. The van der Waals surface area contributed by atoms with Crippen molar-refractivity contribution in [1.82, 2.24) is 20.1 Å². The maximum absolute atomic E-state index is 12.7. The highest BCUT2D eigenvalue weighted by Crippen LogP contribution is 2.27. The van der Waals surface area contributed by atoms with Gasteiger partial charge in [0.1, 0.15) is 0 Å². The van der Waals surface area contributed by atoms with E-state index in [-0.39, 0.29) is 5.91 Å². The predicted octanol–water partition coefficient (Wildman–Crippen LogP) is 2.55. The van der Waals surface area contributed by atoms with Gasteiger partial charge in [-0.25, -0.2) is 0 Å². The van der Waals surface area contributed by atoms with Crippen LogP contribution in [-0.4, -0.2) is 72.8 Å². The molecule has 1 aliphatic rings. The normalized spacial score (nSPS) is 14.2. The summed E-state index contributed by atoms with van der Waals surface area (Å²) in [6, 6.07) is 15.6. The number of anilines is 3. The minimum absolute atomic E-state index is 0.258. The average molecular weight is 432 g/mol. The summed E-state index contributed by atoms with van der Waals surface area (Å²) in [7, 11) is 3.78. The van der Waals surface area contributed by atoms with Crippen molar-refractivity contribution in [2.75, 3.05) is 61.9 Å². The molecule has 0 radical (unpaired) electrons. The standard InChI is InChI=1S/C24H29N7O/c1-29(2)23-8-7-21(27-28-23)24(32)26-20-5-3-4-6-22(20)31-17-15-30(16-18-31)14-11-19-9-12-25-13-10-19/h3-10,12-13H,11,14-18H2,1-2H3,(H,26,32). The van der Waals surface area contributed by atoms with Crippen LogP contribution >= 0.6 is 0 Å². The molecule has 1 N–H and O–H groups in total. The quantitative estimate of drug-likeness (QED) is 0.616. The molecule has 1 amide bonds. The third-order valence-electron chi connectivity index (χ3n) is 5.67. The van der Waals surface area contributed by atoms with E-state index < -0.39 is 0 Å². The van der Waals surface area contributed by atoms with E-state index in [0.29, 0.717) is 11.5 Å². The van der Waals surface area contributed by atoms with Crippen molar-refractivity contribution in [3.63, 3.8) is 0 Å². The van der Waals surface area contributed by atoms with E-state index in [0.717, 1.165) is 50.5 Å². The van der Waals surface area contributed by atoms with E-state index in [1.54, 1.807) is 12.1 Å². The molecular formula is C24H29N7O. The lowest BCUT2D eigenvalue weighted by atomic mass is 10.1. The number of hydrogen-bond donors (Lipinski definition) is 1. The summed E-state index contributed by atoms with van der Waals surface area (Å²) in [4.78, 5) is 23.5. The van der Waals surface area contributed by atoms with E-state index in [2.05, 4.69) is 48.5 Å². The van der Waals surface area contributed by atoms with E-state index >= 15 is 0 Å². The molecule has 3 aromatic rings. The van der Waals surface area contributed by atoms with Crippen LogP contribution in [0.5, 0.6) is 0 Å². The Kier molecular flexibility index (Phi) is 6.91. The lowest BCUT2D eigenvalue weighted by molar-refractivity contribution is 0.102. The fraction of sp³-hybridized carbons (Fsp3) is 0.333. The first-order valence-electron chi connectivity index (χ1n) is 10.9. The maximum atomic E-state index is 12.7. The van der Waals surface area contributed by atoms with Crippen molar-refractivity contribution in [3.8, 4) is 0 Å². The van der Waals surface area contributed by atoms with Gasteiger partial charge in [0.2, 0.25) is 0 Å². The molecule has 8 nitrogen and oxygen atoms in total. The van der Waals surface area contributed by atoms with E-state index in [1.165, 1.54) is 5.56 Å². The summed E-state index contributed by atoms with van der Waals surface area (Å²) in [6.07, 6.45) is 4.73. The third-order valence-corrected chi connectivity index (χ3v) is 5.67. The zero-order chi connectivity index (χ0) is 22.3. The van der Waals surface area contributed by atoms with Crippen LogP contribution in [0.2, 0.25) is 0 Å². The Morgan fingerprint density at radius 1 is 0.969 bits per heavy atom. The number of carbonyl (C=O) groups is 1. The fourth-order valence-electron chi connectivity index (χ4n) is 3.78. The number of benzene rings is 1. The molecule has 1 aromatic carbocycles. The average Bonchev–Trinajstić information content (AvgIpc) is 2.84. The molecule has 2 aromatic heterocycles. The number of amides is 1. The molecule has 1 fully saturated rings. The summed E-state index contributed by atoms with van der Waals surface area (Å²) in [6.45, 7) is 4.86. The van der Waals surface area contributed by atoms with Gasteiger partial charge in [-0.3, -0.25) is 14.7 Å². The molecule has 166 valence electrons. The highest BCUT2D eigenvalue weighted by molar-refractivity contribution is 6.04. The van der Waals surface area contributed by atoms with Gasteiger partial charge < -0.3 is 15.1 Å². The smallest absolute Gasteiger partial charge is 0.276 e. The monoisotopic (exact) mass is 431 g/mol. The van der Waals surface area contributed by atoms with Crippen molar-refractivity contribution in [1.29, 1.82) is 0 Å². The Morgan fingerprint density at radius 2 is 1.72 bits per heavy atom. The predicted molar refractivity (Wildman–Crippen MR) is 127 cm³/mol. The molecule has 4 rings (SSSR count). The number of rotatable bonds is 7. The topological polar surface area (TPSA) is 77.5 Å². The number of aromatic nitrogens is 3. The van der Waals surface area contributed by atoms with Gasteiger partial charge in [0, 0.05) is 59.2 Å². The molecular weight excluding hydrogens is 402 g/mol. The number of hydrogen-bond acceptors (Lipinski definition) is 7. The Labute approximate surface area is 188 Å². The van der Waals surface area contributed by atoms with Crippen LogP contribution < -0.4 is 15.1 Å². The number of nitrogens with zero attached hydrogens (tertiary/aromatic N) is 6. The molecule has 0 aliphatic carbocycles. The zero-order valence-electron chi connectivity index (χ0n) is 18.6. The van der Waals surface area contributed by atoms with E-state index in [1.807, 2.05) is 49.6 Å². The van der Waals surface area contributed by atoms with Crippen LogP contribution in [0.15, 0.2) is 60.9 Å². The Bertz CT molecular complexity index is 1020. The van der Waals surface area contributed by atoms with Gasteiger partial charge in [-0.05, 0) is 48.4 Å². The second kappa shape index (κ2) is 10.2. The molecule has 0 saturated carbocycles. The fourth-order valence-corrected chi connectivity index (χ4v) is 3.78. The second-order valence-electron chi connectivity index (χ2n) is 8.08. The molecule has 1 saturated heterocycles. The maximum Gasteiger partial charge on any atom is 0.276 e. The van der Waals surface area contributed by atoms with Crippen molar-refractivity contribution < 1.29 is 4.79 Å². The van der Waals surface area contributed by atoms with Gasteiger partial charge in [0.05, 0.1) is 11.4 Å². The molecule has 0 bridgehead atoms. The van der Waals surface area contributed by atoms with E-state index in [4.69, 9.17) is 0 Å². The first kappa shape index (κ1) is 21.7. The number of nitrogens with one attached hydrogen (secondary N) is 1. The highest BCUT2D eigenvalue weighted by atomic mass is 16.1. The van der Waals surface area contributed by atoms with Gasteiger partial charge in [-0.15, -0.1) is 10.2 Å². The Balaban J connectivity index is 1.35. The molecule has 0 atom stereocenters. The molecule has 0 spiro atoms. The van der Waals surface area contributed by atoms with Gasteiger partial charge in [-0.1, -0.05) is 12.1 Å². The summed E-state index contributed by atoms with van der Waals surface area (Å²) in [5.74, 6) is 0.454. The first-order chi connectivity index (χ1) is 15.6. The minimum Gasteiger partial charge on any atom is -0.367 e. The van der Waals surface area contributed by atoms with Crippen LogP contribution in [0.4, 0.5) is 17.2 Å². The van der Waals surface area contributed by atoms with Gasteiger partial charge in [0.15, 0.2) is 11.5 Å². The van der Waals surface area contributed by atoms with Gasteiger partial charge >= 0.3 is 0 Å². The molecule has 8 heteroatoms. The number of piperazine rings is 1. The second-order valence-corrected chi connectivity index (χ2v) is 8.08. The Hall–Kier alpha value is -3.52.